The van der Waals surface area contributed by atoms with E-state index in [0.717, 1.165) is 18.9 Å². The molecule has 1 aromatic rings. The molecule has 0 spiro atoms. The first-order valence-corrected chi connectivity index (χ1v) is 7.23. The molecule has 1 aliphatic heterocycles. The molecule has 2 rings (SSSR count). The minimum Gasteiger partial charge on any atom is -0.381 e. The van der Waals surface area contributed by atoms with Crippen molar-refractivity contribution in [2.24, 2.45) is 5.84 Å². The van der Waals surface area contributed by atoms with E-state index >= 15 is 0 Å². The molecule has 6 heteroatoms. The van der Waals surface area contributed by atoms with Crippen LogP contribution in [-0.2, 0) is 15.9 Å². The number of hydrazine groups is 1. The van der Waals surface area contributed by atoms with Crippen LogP contribution in [0.5, 0.6) is 0 Å². The van der Waals surface area contributed by atoms with Crippen molar-refractivity contribution in [3.8, 4) is 0 Å². The van der Waals surface area contributed by atoms with Gasteiger partial charge in [-0.05, 0) is 31.0 Å². The molecule has 0 bridgehead atoms. The van der Waals surface area contributed by atoms with Crippen LogP contribution in [0.2, 0.25) is 0 Å². The van der Waals surface area contributed by atoms with Crippen LogP contribution in [-0.4, -0.2) is 31.5 Å². The van der Waals surface area contributed by atoms with Gasteiger partial charge in [-0.25, -0.2) is 8.78 Å². The van der Waals surface area contributed by atoms with Gasteiger partial charge in [0.15, 0.2) is 11.6 Å². The molecule has 1 unspecified atom stereocenters. The van der Waals surface area contributed by atoms with Crippen LogP contribution in [0.3, 0.4) is 0 Å². The van der Waals surface area contributed by atoms with Crippen LogP contribution in [0.4, 0.5) is 8.78 Å². The number of nitrogens with two attached hydrogens (primary N) is 1. The van der Waals surface area contributed by atoms with E-state index in [0.29, 0.717) is 31.8 Å². The van der Waals surface area contributed by atoms with Gasteiger partial charge >= 0.3 is 0 Å². The van der Waals surface area contributed by atoms with E-state index in [2.05, 4.69) is 5.43 Å². The first kappa shape index (κ1) is 16.3. The molecule has 1 heterocycles. The fourth-order valence-corrected chi connectivity index (χ4v) is 2.90. The number of hydrogen-bond donors (Lipinski definition) is 2. The van der Waals surface area contributed by atoms with Gasteiger partial charge < -0.3 is 9.47 Å². The van der Waals surface area contributed by atoms with Crippen molar-refractivity contribution in [3.05, 3.63) is 35.4 Å². The highest BCUT2D eigenvalue weighted by atomic mass is 19.2. The Hall–Kier alpha value is -1.08. The highest BCUT2D eigenvalue weighted by molar-refractivity contribution is 5.20. The number of halogens is 2. The molecular formula is C15H22F2N2O2. The molecule has 3 N–H and O–H groups in total. The zero-order valence-electron chi connectivity index (χ0n) is 12.2. The summed E-state index contributed by atoms with van der Waals surface area (Å²) in [5.41, 5.74) is 3.03. The lowest BCUT2D eigenvalue weighted by molar-refractivity contribution is -0.126. The lowest BCUT2D eigenvalue weighted by Gasteiger charge is -2.42. The van der Waals surface area contributed by atoms with Gasteiger partial charge in [-0.1, -0.05) is 6.07 Å². The summed E-state index contributed by atoms with van der Waals surface area (Å²) >= 11 is 0. The normalized spacial score (nSPS) is 19.4. The molecule has 0 saturated carbocycles. The van der Waals surface area contributed by atoms with Gasteiger partial charge in [0.2, 0.25) is 0 Å². The molecule has 1 aliphatic rings. The first-order valence-electron chi connectivity index (χ1n) is 7.23. The van der Waals surface area contributed by atoms with Crippen LogP contribution >= 0.6 is 0 Å². The van der Waals surface area contributed by atoms with Crippen molar-refractivity contribution in [2.45, 2.75) is 37.8 Å². The molecule has 0 aromatic heterocycles. The Morgan fingerprint density at radius 3 is 2.62 bits per heavy atom. The lowest BCUT2D eigenvalue weighted by Crippen LogP contribution is -2.58. The molecule has 1 fully saturated rings. The van der Waals surface area contributed by atoms with Gasteiger partial charge in [-0.3, -0.25) is 11.3 Å². The fourth-order valence-electron chi connectivity index (χ4n) is 2.90. The van der Waals surface area contributed by atoms with Crippen molar-refractivity contribution in [2.75, 3.05) is 19.8 Å². The summed E-state index contributed by atoms with van der Waals surface area (Å²) in [4.78, 5) is 0. The minimum atomic E-state index is -0.847. The molecule has 4 nitrogen and oxygen atoms in total. The fraction of sp³-hybridized carbons (Fsp3) is 0.600. The molecule has 0 radical (unpaired) electrons. The third-order valence-corrected chi connectivity index (χ3v) is 4.03. The van der Waals surface area contributed by atoms with Gasteiger partial charge in [-0.15, -0.1) is 0 Å². The van der Waals surface area contributed by atoms with E-state index in [1.165, 1.54) is 6.07 Å². The zero-order valence-corrected chi connectivity index (χ0v) is 12.2. The number of ether oxygens (including phenoxy) is 2. The molecule has 1 aromatic carbocycles. The predicted octanol–water partition coefficient (Wildman–Crippen LogP) is 1.92. The predicted molar refractivity (Wildman–Crippen MR) is 75.6 cm³/mol. The molecule has 0 aliphatic carbocycles. The second-order valence-electron chi connectivity index (χ2n) is 5.28. The molecular weight excluding hydrogens is 278 g/mol. The van der Waals surface area contributed by atoms with Gasteiger partial charge in [0.05, 0.1) is 11.6 Å². The van der Waals surface area contributed by atoms with E-state index < -0.39 is 17.2 Å². The maximum absolute atomic E-state index is 13.3. The van der Waals surface area contributed by atoms with Crippen molar-refractivity contribution in [1.82, 2.24) is 5.43 Å². The van der Waals surface area contributed by atoms with Gasteiger partial charge in [0, 0.05) is 32.7 Å². The topological polar surface area (TPSA) is 56.5 Å². The summed E-state index contributed by atoms with van der Waals surface area (Å²) in [7, 11) is 0. The Balaban J connectivity index is 2.17. The minimum absolute atomic E-state index is 0.189. The highest BCUT2D eigenvalue weighted by Crippen LogP contribution is 2.30. The van der Waals surface area contributed by atoms with E-state index in [-0.39, 0.29) is 6.04 Å². The lowest BCUT2D eigenvalue weighted by atomic mass is 9.83. The van der Waals surface area contributed by atoms with Crippen molar-refractivity contribution in [1.29, 1.82) is 0 Å². The Morgan fingerprint density at radius 2 is 2.05 bits per heavy atom. The first-order chi connectivity index (χ1) is 10.1. The van der Waals surface area contributed by atoms with Crippen molar-refractivity contribution < 1.29 is 18.3 Å². The second kappa shape index (κ2) is 7.26. The number of hydrogen-bond acceptors (Lipinski definition) is 4. The summed E-state index contributed by atoms with van der Waals surface area (Å²) in [5.74, 6) is 4.00. The monoisotopic (exact) mass is 300 g/mol. The Labute approximate surface area is 123 Å². The van der Waals surface area contributed by atoms with Crippen LogP contribution in [0.25, 0.3) is 0 Å². The summed E-state index contributed by atoms with van der Waals surface area (Å²) < 4.78 is 37.7. The van der Waals surface area contributed by atoms with Crippen LogP contribution in [0, 0.1) is 11.6 Å². The maximum Gasteiger partial charge on any atom is 0.159 e. The summed E-state index contributed by atoms with van der Waals surface area (Å²) in [6.45, 7) is 3.71. The highest BCUT2D eigenvalue weighted by Gasteiger charge is 2.40. The van der Waals surface area contributed by atoms with Crippen molar-refractivity contribution >= 4 is 0 Å². The van der Waals surface area contributed by atoms with Crippen molar-refractivity contribution in [3.63, 3.8) is 0 Å². The largest absolute Gasteiger partial charge is 0.381 e. The Morgan fingerprint density at radius 1 is 1.33 bits per heavy atom. The second-order valence-corrected chi connectivity index (χ2v) is 5.28. The molecule has 1 atom stereocenters. The Bertz CT molecular complexity index is 459. The summed E-state index contributed by atoms with van der Waals surface area (Å²) in [6, 6.07) is 3.72. The molecule has 0 amide bonds. The number of benzene rings is 1. The number of rotatable bonds is 6. The van der Waals surface area contributed by atoms with Crippen LogP contribution < -0.4 is 11.3 Å². The molecule has 21 heavy (non-hydrogen) atoms. The Kier molecular flexibility index (Phi) is 5.64. The van der Waals surface area contributed by atoms with Crippen LogP contribution in [0.1, 0.15) is 25.3 Å². The smallest absolute Gasteiger partial charge is 0.159 e. The van der Waals surface area contributed by atoms with E-state index in [1.807, 2.05) is 6.92 Å². The SMILES string of the molecule is CCOC1(C(Cc2ccc(F)c(F)c2)NN)CCOCC1. The summed E-state index contributed by atoms with van der Waals surface area (Å²) in [5, 5.41) is 0. The maximum atomic E-state index is 13.3. The average Bonchev–Trinajstić information content (AvgIpc) is 2.49. The molecule has 1 saturated heterocycles. The van der Waals surface area contributed by atoms with Gasteiger partial charge in [0.25, 0.3) is 0 Å². The van der Waals surface area contributed by atoms with E-state index in [9.17, 15) is 8.78 Å². The van der Waals surface area contributed by atoms with Crippen LogP contribution in [0.15, 0.2) is 18.2 Å². The number of nitrogens with one attached hydrogen (secondary N) is 1. The van der Waals surface area contributed by atoms with E-state index in [1.54, 1.807) is 6.07 Å². The molecule has 118 valence electrons. The zero-order chi connectivity index (χ0) is 15.3. The van der Waals surface area contributed by atoms with Gasteiger partial charge in [0.1, 0.15) is 0 Å². The third-order valence-electron chi connectivity index (χ3n) is 4.03. The quantitative estimate of drug-likeness (QED) is 0.622. The van der Waals surface area contributed by atoms with E-state index in [4.69, 9.17) is 15.3 Å². The third kappa shape index (κ3) is 3.77. The van der Waals surface area contributed by atoms with Gasteiger partial charge in [-0.2, -0.15) is 0 Å². The standard InChI is InChI=1S/C15H22F2N2O2/c1-2-21-15(5-7-20-8-6-15)14(19-18)10-11-3-4-12(16)13(17)9-11/h3-4,9,14,19H,2,5-8,10,18H2,1H3. The average molecular weight is 300 g/mol. The summed E-state index contributed by atoms with van der Waals surface area (Å²) in [6.07, 6.45) is 1.91.